The predicted octanol–water partition coefficient (Wildman–Crippen LogP) is 2.22. The smallest absolute Gasteiger partial charge is 0.137 e. The summed E-state index contributed by atoms with van der Waals surface area (Å²) in [6.45, 7) is 5.73. The summed E-state index contributed by atoms with van der Waals surface area (Å²) in [5.41, 5.74) is 6.89. The molecule has 1 aliphatic rings. The minimum absolute atomic E-state index is 0.0892. The van der Waals surface area contributed by atoms with Crippen LogP contribution in [0.1, 0.15) is 18.5 Å². The molecular formula is C14H21BrFN3. The van der Waals surface area contributed by atoms with Gasteiger partial charge in [0, 0.05) is 38.3 Å². The van der Waals surface area contributed by atoms with Crippen molar-refractivity contribution in [2.45, 2.75) is 19.0 Å². The van der Waals surface area contributed by atoms with Gasteiger partial charge in [0.05, 0.1) is 4.47 Å². The summed E-state index contributed by atoms with van der Waals surface area (Å²) >= 11 is 3.19. The number of hydrogen-bond donors (Lipinski definition) is 1. The number of rotatable bonds is 3. The fourth-order valence-corrected chi connectivity index (χ4v) is 3.05. The molecule has 0 spiro atoms. The molecular weight excluding hydrogens is 309 g/mol. The Hall–Kier alpha value is -0.490. The summed E-state index contributed by atoms with van der Waals surface area (Å²) in [7, 11) is 2.13. The van der Waals surface area contributed by atoms with Gasteiger partial charge in [-0.15, -0.1) is 0 Å². The highest BCUT2D eigenvalue weighted by Crippen LogP contribution is 2.27. The van der Waals surface area contributed by atoms with Crippen LogP contribution in [0, 0.1) is 5.82 Å². The second kappa shape index (κ2) is 6.31. The van der Waals surface area contributed by atoms with Crippen molar-refractivity contribution < 1.29 is 4.39 Å². The number of hydrogen-bond acceptors (Lipinski definition) is 3. The van der Waals surface area contributed by atoms with Crippen LogP contribution in [-0.4, -0.2) is 49.1 Å². The molecule has 1 heterocycles. The van der Waals surface area contributed by atoms with E-state index in [1.54, 1.807) is 12.1 Å². The number of likely N-dealkylation sites (N-methyl/N-ethyl adjacent to an activating group) is 1. The lowest BCUT2D eigenvalue weighted by Crippen LogP contribution is -2.52. The van der Waals surface area contributed by atoms with Crippen LogP contribution < -0.4 is 5.73 Å². The molecule has 1 aromatic carbocycles. The van der Waals surface area contributed by atoms with Crippen LogP contribution in [-0.2, 0) is 0 Å². The van der Waals surface area contributed by atoms with Crippen molar-refractivity contribution in [2.75, 3.05) is 33.2 Å². The van der Waals surface area contributed by atoms with E-state index in [-0.39, 0.29) is 11.9 Å². The Kier molecular flexibility index (Phi) is 4.95. The van der Waals surface area contributed by atoms with E-state index in [9.17, 15) is 4.39 Å². The van der Waals surface area contributed by atoms with Gasteiger partial charge in [0.2, 0.25) is 0 Å². The second-order valence-corrected chi connectivity index (χ2v) is 6.13. The highest BCUT2D eigenvalue weighted by Gasteiger charge is 2.28. The zero-order valence-corrected chi connectivity index (χ0v) is 13.0. The zero-order chi connectivity index (χ0) is 14.0. The predicted molar refractivity (Wildman–Crippen MR) is 79.6 cm³/mol. The van der Waals surface area contributed by atoms with Crippen molar-refractivity contribution in [2.24, 2.45) is 5.73 Å². The van der Waals surface area contributed by atoms with E-state index < -0.39 is 0 Å². The van der Waals surface area contributed by atoms with Crippen LogP contribution in [0.5, 0.6) is 0 Å². The van der Waals surface area contributed by atoms with Gasteiger partial charge in [0.1, 0.15) is 5.82 Å². The number of benzene rings is 1. The molecule has 0 aliphatic carbocycles. The normalized spacial score (nSPS) is 23.5. The van der Waals surface area contributed by atoms with Crippen LogP contribution in [0.15, 0.2) is 22.7 Å². The molecule has 19 heavy (non-hydrogen) atoms. The maximum absolute atomic E-state index is 13.7. The molecule has 5 heteroatoms. The van der Waals surface area contributed by atoms with Crippen LogP contribution >= 0.6 is 15.9 Å². The maximum Gasteiger partial charge on any atom is 0.137 e. The first-order valence-electron chi connectivity index (χ1n) is 6.62. The van der Waals surface area contributed by atoms with Gasteiger partial charge >= 0.3 is 0 Å². The second-order valence-electron chi connectivity index (χ2n) is 5.27. The summed E-state index contributed by atoms with van der Waals surface area (Å²) in [5, 5.41) is 0. The lowest BCUT2D eigenvalue weighted by atomic mass is 10.0. The summed E-state index contributed by atoms with van der Waals surface area (Å²) in [5.74, 6) is -0.224. The Balaban J connectivity index is 2.21. The van der Waals surface area contributed by atoms with E-state index in [0.29, 0.717) is 17.1 Å². The van der Waals surface area contributed by atoms with E-state index in [1.807, 2.05) is 6.07 Å². The molecule has 1 aliphatic heterocycles. The third-order valence-electron chi connectivity index (χ3n) is 3.83. The number of nitrogens with zero attached hydrogens (tertiary/aromatic N) is 2. The highest BCUT2D eigenvalue weighted by molar-refractivity contribution is 9.10. The van der Waals surface area contributed by atoms with Crippen LogP contribution in [0.25, 0.3) is 0 Å². The highest BCUT2D eigenvalue weighted by atomic mass is 79.9. The molecule has 3 nitrogen and oxygen atoms in total. The lowest BCUT2D eigenvalue weighted by molar-refractivity contribution is 0.0634. The first kappa shape index (κ1) is 14.9. The molecule has 106 valence electrons. The Bertz CT molecular complexity index is 441. The fraction of sp³-hybridized carbons (Fsp3) is 0.571. The van der Waals surface area contributed by atoms with Crippen LogP contribution in [0.2, 0.25) is 0 Å². The van der Waals surface area contributed by atoms with E-state index in [4.69, 9.17) is 5.73 Å². The molecule has 0 saturated carbocycles. The first-order chi connectivity index (χ1) is 9.02. The minimum Gasteiger partial charge on any atom is -0.329 e. The van der Waals surface area contributed by atoms with Gasteiger partial charge in [-0.1, -0.05) is 6.07 Å². The van der Waals surface area contributed by atoms with Gasteiger partial charge in [0.15, 0.2) is 0 Å². The summed E-state index contributed by atoms with van der Waals surface area (Å²) in [6, 6.07) is 5.82. The molecule has 1 fully saturated rings. The molecule has 0 aromatic heterocycles. The third-order valence-corrected chi connectivity index (χ3v) is 4.48. The van der Waals surface area contributed by atoms with Gasteiger partial charge in [-0.25, -0.2) is 4.39 Å². The number of halogens is 2. The van der Waals surface area contributed by atoms with E-state index in [2.05, 4.69) is 39.7 Å². The topological polar surface area (TPSA) is 32.5 Å². The average molecular weight is 330 g/mol. The number of piperazine rings is 1. The third kappa shape index (κ3) is 3.34. The summed E-state index contributed by atoms with van der Waals surface area (Å²) in [6.07, 6.45) is 0. The maximum atomic E-state index is 13.7. The Labute approximate surface area is 122 Å². The van der Waals surface area contributed by atoms with Crippen molar-refractivity contribution in [3.63, 3.8) is 0 Å². The largest absolute Gasteiger partial charge is 0.329 e. The van der Waals surface area contributed by atoms with Crippen molar-refractivity contribution in [3.05, 3.63) is 34.1 Å². The monoisotopic (exact) mass is 329 g/mol. The summed E-state index contributed by atoms with van der Waals surface area (Å²) < 4.78 is 14.2. The zero-order valence-electron chi connectivity index (χ0n) is 11.4. The molecule has 0 amide bonds. The minimum atomic E-state index is -0.224. The molecule has 2 rings (SSSR count). The first-order valence-corrected chi connectivity index (χ1v) is 7.41. The average Bonchev–Trinajstić information content (AvgIpc) is 2.37. The SMILES string of the molecule is CC1CN(C)CCN1C(CN)c1ccc(Br)c(F)c1. The molecule has 2 N–H and O–H groups in total. The fourth-order valence-electron chi connectivity index (χ4n) is 2.80. The van der Waals surface area contributed by atoms with Crippen molar-refractivity contribution in [1.29, 1.82) is 0 Å². The Morgan fingerprint density at radius 3 is 2.79 bits per heavy atom. The van der Waals surface area contributed by atoms with Crippen molar-refractivity contribution in [1.82, 2.24) is 9.80 Å². The van der Waals surface area contributed by atoms with Gasteiger partial charge in [0.25, 0.3) is 0 Å². The van der Waals surface area contributed by atoms with Gasteiger partial charge in [-0.3, -0.25) is 4.90 Å². The van der Waals surface area contributed by atoms with Crippen molar-refractivity contribution in [3.8, 4) is 0 Å². The van der Waals surface area contributed by atoms with Crippen molar-refractivity contribution >= 4 is 15.9 Å². The molecule has 1 aromatic rings. The van der Waals surface area contributed by atoms with Gasteiger partial charge in [-0.05, 0) is 47.6 Å². The quantitative estimate of drug-likeness (QED) is 0.922. The standard InChI is InChI=1S/C14H21BrFN3/c1-10-9-18(2)5-6-19(10)14(8-17)11-3-4-12(15)13(16)7-11/h3-4,7,10,14H,5-6,8-9,17H2,1-2H3. The Morgan fingerprint density at radius 2 is 2.21 bits per heavy atom. The molecule has 0 bridgehead atoms. The lowest BCUT2D eigenvalue weighted by Gasteiger charge is -2.42. The van der Waals surface area contributed by atoms with E-state index in [1.165, 1.54) is 0 Å². The van der Waals surface area contributed by atoms with Gasteiger partial charge < -0.3 is 10.6 Å². The van der Waals surface area contributed by atoms with Crippen LogP contribution in [0.3, 0.4) is 0 Å². The van der Waals surface area contributed by atoms with E-state index in [0.717, 1.165) is 25.2 Å². The number of nitrogens with two attached hydrogens (primary N) is 1. The van der Waals surface area contributed by atoms with Gasteiger partial charge in [-0.2, -0.15) is 0 Å². The molecule has 0 radical (unpaired) electrons. The summed E-state index contributed by atoms with van der Waals surface area (Å²) in [4.78, 5) is 4.69. The molecule has 2 unspecified atom stereocenters. The van der Waals surface area contributed by atoms with E-state index >= 15 is 0 Å². The Morgan fingerprint density at radius 1 is 1.47 bits per heavy atom. The molecule has 2 atom stereocenters. The van der Waals surface area contributed by atoms with Crippen LogP contribution in [0.4, 0.5) is 4.39 Å². The molecule has 1 saturated heterocycles.